The highest BCUT2D eigenvalue weighted by Crippen LogP contribution is 2.37. The molecule has 2 aromatic rings. The lowest BCUT2D eigenvalue weighted by molar-refractivity contribution is -0.116. The molecule has 1 aromatic heterocycles. The maximum absolute atomic E-state index is 12.5. The molecule has 0 unspecified atom stereocenters. The minimum absolute atomic E-state index is 0.143. The zero-order valence-corrected chi connectivity index (χ0v) is 14.5. The number of H-pyrrole nitrogens is 1. The number of carbonyl (C=O) groups is 1. The molecule has 1 atom stereocenters. The van der Waals surface area contributed by atoms with Gasteiger partial charge in [0.25, 0.3) is 5.56 Å². The predicted molar refractivity (Wildman–Crippen MR) is 95.0 cm³/mol. The Balaban J connectivity index is 2.11. The molecule has 23 heavy (non-hydrogen) atoms. The maximum atomic E-state index is 12.5. The maximum Gasteiger partial charge on any atom is 0.257 e. The highest BCUT2D eigenvalue weighted by Gasteiger charge is 2.31. The van der Waals surface area contributed by atoms with Gasteiger partial charge in [-0.05, 0) is 11.6 Å². The van der Waals surface area contributed by atoms with Gasteiger partial charge in [-0.2, -0.15) is 0 Å². The van der Waals surface area contributed by atoms with Crippen molar-refractivity contribution < 1.29 is 4.79 Å². The molecular weight excluding hydrogens is 378 g/mol. The van der Waals surface area contributed by atoms with Crippen molar-refractivity contribution >= 4 is 39.4 Å². The molecule has 5 nitrogen and oxygen atoms in total. The number of rotatable bonds is 4. The molecule has 0 spiro atoms. The number of thioether (sulfide) groups is 1. The highest BCUT2D eigenvalue weighted by atomic mass is 79.9. The van der Waals surface area contributed by atoms with Gasteiger partial charge in [0.1, 0.15) is 5.82 Å². The zero-order chi connectivity index (χ0) is 16.4. The molecule has 0 saturated heterocycles. The summed E-state index contributed by atoms with van der Waals surface area (Å²) in [5.74, 6) is 0.515. The van der Waals surface area contributed by atoms with Gasteiger partial charge in [-0.15, -0.1) is 6.58 Å². The number of fused-ring (bicyclic) bond motifs is 1. The topological polar surface area (TPSA) is 74.8 Å². The SMILES string of the molecule is C=CCSc1nc2c(c(=O)[nH]1)[C@@H](c1ccccc1Br)CC(=O)N2. The number of nitrogens with zero attached hydrogens (tertiary/aromatic N) is 1. The van der Waals surface area contributed by atoms with E-state index in [-0.39, 0.29) is 23.8 Å². The Morgan fingerprint density at radius 1 is 1.39 bits per heavy atom. The molecule has 1 aromatic carbocycles. The Morgan fingerprint density at radius 2 is 2.17 bits per heavy atom. The number of aromatic nitrogens is 2. The van der Waals surface area contributed by atoms with E-state index < -0.39 is 0 Å². The van der Waals surface area contributed by atoms with Gasteiger partial charge in [0, 0.05) is 22.6 Å². The summed E-state index contributed by atoms with van der Waals surface area (Å²) in [5, 5.41) is 3.19. The van der Waals surface area contributed by atoms with Crippen molar-refractivity contribution in [1.29, 1.82) is 0 Å². The Morgan fingerprint density at radius 3 is 2.91 bits per heavy atom. The third kappa shape index (κ3) is 3.25. The summed E-state index contributed by atoms with van der Waals surface area (Å²) in [7, 11) is 0. The van der Waals surface area contributed by atoms with Crippen molar-refractivity contribution in [2.45, 2.75) is 17.5 Å². The van der Waals surface area contributed by atoms with Crippen LogP contribution in [0.5, 0.6) is 0 Å². The number of hydrogen-bond donors (Lipinski definition) is 2. The van der Waals surface area contributed by atoms with E-state index in [1.54, 1.807) is 6.08 Å². The lowest BCUT2D eigenvalue weighted by atomic mass is 9.87. The van der Waals surface area contributed by atoms with Crippen LogP contribution in [0.2, 0.25) is 0 Å². The molecule has 0 bridgehead atoms. The summed E-state index contributed by atoms with van der Waals surface area (Å²) in [5.41, 5.74) is 1.18. The first-order valence-electron chi connectivity index (χ1n) is 7.02. The number of carbonyl (C=O) groups excluding carboxylic acids is 1. The lowest BCUT2D eigenvalue weighted by Gasteiger charge is -2.25. The standard InChI is InChI=1S/C16H14BrN3O2S/c1-2-7-23-16-19-14-13(15(22)20-16)10(8-12(21)18-14)9-5-3-4-6-11(9)17/h2-6,10H,1,7-8H2,(H2,18,19,20,21,22)/t10-/m1/s1. The Hall–Kier alpha value is -1.86. The second-order valence-corrected chi connectivity index (χ2v) is 6.92. The zero-order valence-electron chi connectivity index (χ0n) is 12.1. The molecule has 118 valence electrons. The van der Waals surface area contributed by atoms with Crippen LogP contribution in [0.15, 0.2) is 51.3 Å². The van der Waals surface area contributed by atoms with E-state index in [1.165, 1.54) is 11.8 Å². The summed E-state index contributed by atoms with van der Waals surface area (Å²) < 4.78 is 0.871. The molecule has 2 N–H and O–H groups in total. The fourth-order valence-corrected chi connectivity index (χ4v) is 3.74. The number of hydrogen-bond acceptors (Lipinski definition) is 4. The first-order valence-corrected chi connectivity index (χ1v) is 8.80. The molecule has 0 radical (unpaired) electrons. The second kappa shape index (κ2) is 6.72. The Labute approximate surface area is 145 Å². The third-order valence-corrected chi connectivity index (χ3v) is 5.14. The van der Waals surface area contributed by atoms with Crippen molar-refractivity contribution in [1.82, 2.24) is 9.97 Å². The molecule has 1 aliphatic rings. The van der Waals surface area contributed by atoms with Gasteiger partial charge >= 0.3 is 0 Å². The smallest absolute Gasteiger partial charge is 0.257 e. The first-order chi connectivity index (χ1) is 11.1. The fourth-order valence-electron chi connectivity index (χ4n) is 2.58. The van der Waals surface area contributed by atoms with Crippen LogP contribution in [-0.2, 0) is 4.79 Å². The lowest BCUT2D eigenvalue weighted by Crippen LogP contribution is -2.31. The van der Waals surface area contributed by atoms with E-state index in [2.05, 4.69) is 37.8 Å². The van der Waals surface area contributed by atoms with Gasteiger partial charge in [-0.3, -0.25) is 9.59 Å². The van der Waals surface area contributed by atoms with Gasteiger partial charge in [0.2, 0.25) is 5.91 Å². The van der Waals surface area contributed by atoms with Crippen molar-refractivity contribution in [3.05, 3.63) is 62.9 Å². The van der Waals surface area contributed by atoms with Crippen LogP contribution in [0.4, 0.5) is 5.82 Å². The second-order valence-electron chi connectivity index (χ2n) is 5.06. The van der Waals surface area contributed by atoms with E-state index in [1.807, 2.05) is 24.3 Å². The summed E-state index contributed by atoms with van der Waals surface area (Å²) >= 11 is 4.86. The van der Waals surface area contributed by atoms with Crippen LogP contribution in [0.1, 0.15) is 23.5 Å². The average molecular weight is 392 g/mol. The highest BCUT2D eigenvalue weighted by molar-refractivity contribution is 9.10. The van der Waals surface area contributed by atoms with E-state index in [0.717, 1.165) is 10.0 Å². The number of aromatic amines is 1. The van der Waals surface area contributed by atoms with Crippen molar-refractivity contribution in [3.63, 3.8) is 0 Å². The van der Waals surface area contributed by atoms with Gasteiger partial charge in [0.15, 0.2) is 5.16 Å². The molecule has 0 saturated carbocycles. The molecule has 2 heterocycles. The predicted octanol–water partition coefficient (Wildman–Crippen LogP) is 3.28. The minimum atomic E-state index is -0.316. The Kier molecular flexibility index (Phi) is 4.68. The molecule has 0 fully saturated rings. The van der Waals surface area contributed by atoms with Crippen molar-refractivity contribution in [2.75, 3.05) is 11.1 Å². The van der Waals surface area contributed by atoms with Crippen LogP contribution in [0.3, 0.4) is 0 Å². The van der Waals surface area contributed by atoms with E-state index in [0.29, 0.717) is 22.3 Å². The Bertz CT molecular complexity index is 834. The minimum Gasteiger partial charge on any atom is -0.310 e. The average Bonchev–Trinajstić information content (AvgIpc) is 2.52. The van der Waals surface area contributed by atoms with Crippen LogP contribution in [0.25, 0.3) is 0 Å². The number of benzene rings is 1. The quantitative estimate of drug-likeness (QED) is 0.476. The first kappa shape index (κ1) is 16.0. The summed E-state index contributed by atoms with van der Waals surface area (Å²) in [6.07, 6.45) is 1.95. The molecule has 1 amide bonds. The van der Waals surface area contributed by atoms with E-state index in [4.69, 9.17) is 0 Å². The van der Waals surface area contributed by atoms with Gasteiger partial charge in [-0.1, -0.05) is 52.0 Å². The van der Waals surface area contributed by atoms with Crippen LogP contribution < -0.4 is 10.9 Å². The normalized spacial score (nSPS) is 16.6. The third-order valence-electron chi connectivity index (χ3n) is 3.55. The number of anilines is 1. The van der Waals surface area contributed by atoms with Crippen molar-refractivity contribution in [3.8, 4) is 0 Å². The fraction of sp³-hybridized carbons (Fsp3) is 0.188. The summed E-state index contributed by atoms with van der Waals surface area (Å²) in [4.78, 5) is 31.8. The largest absolute Gasteiger partial charge is 0.310 e. The van der Waals surface area contributed by atoms with Crippen LogP contribution in [0, 0.1) is 0 Å². The number of amides is 1. The molecular formula is C16H14BrN3O2S. The molecule has 3 rings (SSSR count). The van der Waals surface area contributed by atoms with Gasteiger partial charge in [0.05, 0.1) is 5.56 Å². The molecule has 0 aliphatic carbocycles. The van der Waals surface area contributed by atoms with Crippen molar-refractivity contribution in [2.24, 2.45) is 0 Å². The van der Waals surface area contributed by atoms with Crippen LogP contribution >= 0.6 is 27.7 Å². The van der Waals surface area contributed by atoms with Gasteiger partial charge in [-0.25, -0.2) is 4.98 Å². The number of nitrogens with one attached hydrogen (secondary N) is 2. The number of halogens is 1. The molecule has 1 aliphatic heterocycles. The summed E-state index contributed by atoms with van der Waals surface area (Å²) in [6, 6.07) is 7.60. The monoisotopic (exact) mass is 391 g/mol. The van der Waals surface area contributed by atoms with Crippen LogP contribution in [-0.4, -0.2) is 21.6 Å². The van der Waals surface area contributed by atoms with E-state index >= 15 is 0 Å². The van der Waals surface area contributed by atoms with Gasteiger partial charge < -0.3 is 10.3 Å². The molecule has 7 heteroatoms. The van der Waals surface area contributed by atoms with E-state index in [9.17, 15) is 9.59 Å². The summed E-state index contributed by atoms with van der Waals surface area (Å²) in [6.45, 7) is 3.64.